The van der Waals surface area contributed by atoms with E-state index in [1.165, 1.54) is 12.8 Å². The van der Waals surface area contributed by atoms with Crippen molar-refractivity contribution in [3.8, 4) is 0 Å². The predicted molar refractivity (Wildman–Crippen MR) is 62.3 cm³/mol. The van der Waals surface area contributed by atoms with Crippen LogP contribution in [0.25, 0.3) is 0 Å². The smallest absolute Gasteiger partial charge is 0.308 e. The van der Waals surface area contributed by atoms with E-state index in [4.69, 9.17) is 10.8 Å². The molecule has 2 aliphatic carbocycles. The van der Waals surface area contributed by atoms with Crippen LogP contribution in [-0.2, 0) is 9.59 Å². The van der Waals surface area contributed by atoms with E-state index in [2.05, 4.69) is 4.90 Å². The maximum absolute atomic E-state index is 11.1. The normalized spacial score (nSPS) is 29.2. The number of nitrogens with zero attached hydrogens (tertiary/aromatic N) is 1. The van der Waals surface area contributed by atoms with Gasteiger partial charge in [-0.15, -0.1) is 0 Å². The van der Waals surface area contributed by atoms with E-state index in [-0.39, 0.29) is 24.4 Å². The predicted octanol–water partition coefficient (Wildman–Crippen LogP) is 0.579. The number of carboxylic acid groups (broad SMARTS) is 1. The van der Waals surface area contributed by atoms with Crippen molar-refractivity contribution < 1.29 is 14.7 Å². The molecule has 1 amide bonds. The summed E-state index contributed by atoms with van der Waals surface area (Å²) in [5, 5.41) is 9.09. The topological polar surface area (TPSA) is 83.6 Å². The Morgan fingerprint density at radius 1 is 1.18 bits per heavy atom. The number of amides is 1. The molecule has 0 aliphatic heterocycles. The monoisotopic (exact) mass is 240 g/mol. The van der Waals surface area contributed by atoms with Crippen LogP contribution in [-0.4, -0.2) is 40.5 Å². The first-order valence-electron chi connectivity index (χ1n) is 6.36. The zero-order valence-electron chi connectivity index (χ0n) is 9.97. The lowest BCUT2D eigenvalue weighted by molar-refractivity contribution is -0.150. The van der Waals surface area contributed by atoms with Crippen molar-refractivity contribution in [1.29, 1.82) is 0 Å². The third-order valence-electron chi connectivity index (χ3n) is 4.11. The van der Waals surface area contributed by atoms with E-state index < -0.39 is 5.97 Å². The zero-order chi connectivity index (χ0) is 12.4. The molecule has 2 atom stereocenters. The van der Waals surface area contributed by atoms with Gasteiger partial charge >= 0.3 is 5.97 Å². The number of carbonyl (C=O) groups excluding carboxylic acids is 1. The summed E-state index contributed by atoms with van der Waals surface area (Å²) >= 11 is 0. The Labute approximate surface area is 101 Å². The molecule has 2 aliphatic rings. The second kappa shape index (κ2) is 5.04. The quantitative estimate of drug-likeness (QED) is 0.736. The van der Waals surface area contributed by atoms with E-state index in [0.29, 0.717) is 6.04 Å². The van der Waals surface area contributed by atoms with Crippen LogP contribution in [0.5, 0.6) is 0 Å². The highest BCUT2D eigenvalue weighted by Gasteiger charge is 2.43. The number of carboxylic acids is 1. The molecule has 2 saturated carbocycles. The van der Waals surface area contributed by atoms with Crippen LogP contribution in [0.4, 0.5) is 0 Å². The fourth-order valence-electron chi connectivity index (χ4n) is 3.10. The van der Waals surface area contributed by atoms with Crippen molar-refractivity contribution in [2.24, 2.45) is 11.7 Å². The highest BCUT2D eigenvalue weighted by Crippen LogP contribution is 2.36. The van der Waals surface area contributed by atoms with E-state index >= 15 is 0 Å². The minimum atomic E-state index is -0.742. The summed E-state index contributed by atoms with van der Waals surface area (Å²) in [5.74, 6) is -1.41. The molecule has 0 saturated heterocycles. The highest BCUT2D eigenvalue weighted by atomic mass is 16.4. The van der Waals surface area contributed by atoms with Crippen LogP contribution < -0.4 is 5.73 Å². The molecule has 0 aromatic carbocycles. The Morgan fingerprint density at radius 2 is 1.82 bits per heavy atom. The number of hydrogen-bond donors (Lipinski definition) is 2. The molecule has 17 heavy (non-hydrogen) atoms. The van der Waals surface area contributed by atoms with Crippen LogP contribution in [0, 0.1) is 5.92 Å². The van der Waals surface area contributed by atoms with E-state index in [1.807, 2.05) is 0 Å². The van der Waals surface area contributed by atoms with Gasteiger partial charge in [0.15, 0.2) is 0 Å². The number of rotatable bonds is 5. The fourth-order valence-corrected chi connectivity index (χ4v) is 3.10. The zero-order valence-corrected chi connectivity index (χ0v) is 9.97. The lowest BCUT2D eigenvalue weighted by Crippen LogP contribution is -2.55. The molecule has 5 nitrogen and oxygen atoms in total. The summed E-state index contributed by atoms with van der Waals surface area (Å²) < 4.78 is 0. The van der Waals surface area contributed by atoms with Gasteiger partial charge in [0.1, 0.15) is 0 Å². The van der Waals surface area contributed by atoms with Gasteiger partial charge in [0, 0.05) is 12.1 Å². The highest BCUT2D eigenvalue weighted by molar-refractivity contribution is 5.76. The third-order valence-corrected chi connectivity index (χ3v) is 4.11. The van der Waals surface area contributed by atoms with Crippen molar-refractivity contribution >= 4 is 11.9 Å². The van der Waals surface area contributed by atoms with Crippen LogP contribution in [0.2, 0.25) is 0 Å². The van der Waals surface area contributed by atoms with E-state index in [9.17, 15) is 9.59 Å². The molecule has 5 heteroatoms. The average Bonchev–Trinajstić information content (AvgIpc) is 2.65. The van der Waals surface area contributed by atoms with Crippen LogP contribution in [0.1, 0.15) is 38.5 Å². The molecule has 2 rings (SSSR count). The molecule has 0 aromatic rings. The van der Waals surface area contributed by atoms with Crippen LogP contribution in [0.3, 0.4) is 0 Å². The van der Waals surface area contributed by atoms with Crippen LogP contribution in [0.15, 0.2) is 0 Å². The summed E-state index contributed by atoms with van der Waals surface area (Å²) in [6.45, 7) is 0.207. The lowest BCUT2D eigenvalue weighted by Gasteiger charge is -2.44. The standard InChI is InChI=1S/C12H20N2O3/c13-11(15)7-14(8-3-1-2-4-8)10-6-5-9(10)12(16)17/h8-10H,1-7H2,(H2,13,15)(H,16,17). The Bertz CT molecular complexity index is 313. The molecule has 3 N–H and O–H groups in total. The first-order chi connectivity index (χ1) is 8.09. The molecule has 0 radical (unpaired) electrons. The Balaban J connectivity index is 2.04. The van der Waals surface area contributed by atoms with Gasteiger partial charge in [0.05, 0.1) is 12.5 Å². The molecular formula is C12H20N2O3. The summed E-state index contributed by atoms with van der Waals surface area (Å²) in [6, 6.07) is 0.373. The van der Waals surface area contributed by atoms with Gasteiger partial charge in [-0.1, -0.05) is 12.8 Å². The molecule has 0 aromatic heterocycles. The van der Waals surface area contributed by atoms with E-state index in [0.717, 1.165) is 25.7 Å². The molecule has 0 bridgehead atoms. The number of primary amides is 1. The van der Waals surface area contributed by atoms with E-state index in [1.54, 1.807) is 0 Å². The lowest BCUT2D eigenvalue weighted by atomic mass is 9.77. The number of nitrogens with two attached hydrogens (primary N) is 1. The Hall–Kier alpha value is -1.10. The minimum Gasteiger partial charge on any atom is -0.481 e. The summed E-state index contributed by atoms with van der Waals surface area (Å²) in [6.07, 6.45) is 6.07. The van der Waals surface area contributed by atoms with Crippen LogP contribution >= 0.6 is 0 Å². The van der Waals surface area contributed by atoms with Gasteiger partial charge in [-0.25, -0.2) is 0 Å². The SMILES string of the molecule is NC(=O)CN(C1CCCC1)C1CCC1C(=O)O. The fraction of sp³-hybridized carbons (Fsp3) is 0.833. The second-order valence-electron chi connectivity index (χ2n) is 5.17. The van der Waals surface area contributed by atoms with Crippen molar-refractivity contribution in [2.75, 3.05) is 6.54 Å². The van der Waals surface area contributed by atoms with Gasteiger partial charge in [-0.2, -0.15) is 0 Å². The molecular weight excluding hydrogens is 220 g/mol. The van der Waals surface area contributed by atoms with Crippen molar-refractivity contribution in [1.82, 2.24) is 4.90 Å². The number of hydrogen-bond acceptors (Lipinski definition) is 3. The average molecular weight is 240 g/mol. The summed E-state index contributed by atoms with van der Waals surface area (Å²) in [5.41, 5.74) is 5.27. The molecule has 2 unspecified atom stereocenters. The van der Waals surface area contributed by atoms with Crippen molar-refractivity contribution in [2.45, 2.75) is 50.6 Å². The first-order valence-corrected chi connectivity index (χ1v) is 6.36. The second-order valence-corrected chi connectivity index (χ2v) is 5.17. The van der Waals surface area contributed by atoms with Gasteiger partial charge in [0.25, 0.3) is 0 Å². The maximum Gasteiger partial charge on any atom is 0.308 e. The summed E-state index contributed by atoms with van der Waals surface area (Å²) in [4.78, 5) is 24.2. The number of carbonyl (C=O) groups is 2. The Morgan fingerprint density at radius 3 is 2.24 bits per heavy atom. The third kappa shape index (κ3) is 2.60. The largest absolute Gasteiger partial charge is 0.481 e. The van der Waals surface area contributed by atoms with Gasteiger partial charge < -0.3 is 10.8 Å². The minimum absolute atomic E-state index is 0.0168. The molecule has 96 valence electrons. The van der Waals surface area contributed by atoms with Gasteiger partial charge in [-0.05, 0) is 25.7 Å². The molecule has 0 heterocycles. The number of aliphatic carboxylic acids is 1. The molecule has 2 fully saturated rings. The van der Waals surface area contributed by atoms with Gasteiger partial charge in [0.2, 0.25) is 5.91 Å². The first kappa shape index (κ1) is 12.4. The summed E-state index contributed by atoms with van der Waals surface area (Å²) in [7, 11) is 0. The maximum atomic E-state index is 11.1. The Kier molecular flexibility index (Phi) is 3.66. The van der Waals surface area contributed by atoms with Gasteiger partial charge in [-0.3, -0.25) is 14.5 Å². The molecule has 0 spiro atoms. The van der Waals surface area contributed by atoms with Crippen molar-refractivity contribution in [3.05, 3.63) is 0 Å². The van der Waals surface area contributed by atoms with Crippen molar-refractivity contribution in [3.63, 3.8) is 0 Å².